The van der Waals surface area contributed by atoms with Crippen molar-refractivity contribution in [1.29, 1.82) is 0 Å². The fourth-order valence-corrected chi connectivity index (χ4v) is 3.67. The Morgan fingerprint density at radius 3 is 2.78 bits per heavy atom. The molecule has 1 aromatic heterocycles. The molecule has 4 heteroatoms. The van der Waals surface area contributed by atoms with Crippen molar-refractivity contribution < 1.29 is 4.79 Å². The second-order valence-corrected chi connectivity index (χ2v) is 7.07. The van der Waals surface area contributed by atoms with Crippen molar-refractivity contribution in [1.82, 2.24) is 4.98 Å². The monoisotopic (exact) mass is 357 g/mol. The number of carbonyl (C=O) groups excluding carboxylic acids is 1. The van der Waals surface area contributed by atoms with Crippen LogP contribution >= 0.6 is 0 Å². The van der Waals surface area contributed by atoms with Gasteiger partial charge in [0.05, 0.1) is 0 Å². The molecule has 1 atom stereocenters. The summed E-state index contributed by atoms with van der Waals surface area (Å²) < 4.78 is 0. The fourth-order valence-electron chi connectivity index (χ4n) is 3.67. The highest BCUT2D eigenvalue weighted by atomic mass is 16.2. The van der Waals surface area contributed by atoms with E-state index in [1.807, 2.05) is 41.3 Å². The number of aromatic nitrogens is 1. The van der Waals surface area contributed by atoms with Gasteiger partial charge in [0.25, 0.3) is 5.91 Å². The Kier molecular flexibility index (Phi) is 4.63. The maximum atomic E-state index is 13.2. The Morgan fingerprint density at radius 2 is 1.93 bits per heavy atom. The zero-order valence-electron chi connectivity index (χ0n) is 15.6. The van der Waals surface area contributed by atoms with Crippen LogP contribution in [0.5, 0.6) is 0 Å². The van der Waals surface area contributed by atoms with Crippen LogP contribution in [0.3, 0.4) is 0 Å². The third-order valence-electron chi connectivity index (χ3n) is 5.15. The van der Waals surface area contributed by atoms with Crippen molar-refractivity contribution in [2.75, 3.05) is 10.2 Å². The molecule has 1 aliphatic heterocycles. The summed E-state index contributed by atoms with van der Waals surface area (Å²) in [5.74, 6) is 0.734. The normalized spacial score (nSPS) is 15.5. The van der Waals surface area contributed by atoms with Crippen LogP contribution in [-0.2, 0) is 13.0 Å². The summed E-state index contributed by atoms with van der Waals surface area (Å²) in [5.41, 5.74) is 5.35. The zero-order valence-corrected chi connectivity index (χ0v) is 15.6. The number of fused-ring (bicyclic) bond motifs is 1. The summed E-state index contributed by atoms with van der Waals surface area (Å²) in [6.45, 7) is 4.87. The third-order valence-corrected chi connectivity index (χ3v) is 5.15. The molecule has 3 aromatic rings. The minimum atomic E-state index is 0.0220. The smallest absolute Gasteiger partial charge is 0.258 e. The lowest BCUT2D eigenvalue weighted by molar-refractivity contribution is 0.0981. The molecule has 0 saturated heterocycles. The SMILES string of the molecule is Cc1ccccc1CNc1cc(C(=O)N2c3ccccc3CC2C)ccn1. The molecule has 27 heavy (non-hydrogen) atoms. The number of hydrogen-bond donors (Lipinski definition) is 1. The summed E-state index contributed by atoms with van der Waals surface area (Å²) in [6.07, 6.45) is 2.59. The summed E-state index contributed by atoms with van der Waals surface area (Å²) in [4.78, 5) is 19.4. The van der Waals surface area contributed by atoms with E-state index in [0.29, 0.717) is 17.9 Å². The van der Waals surface area contributed by atoms with E-state index >= 15 is 0 Å². The van der Waals surface area contributed by atoms with E-state index in [4.69, 9.17) is 0 Å². The highest BCUT2D eigenvalue weighted by Crippen LogP contribution is 2.33. The van der Waals surface area contributed by atoms with Gasteiger partial charge in [0.1, 0.15) is 5.82 Å². The van der Waals surface area contributed by atoms with Crippen molar-refractivity contribution in [2.24, 2.45) is 0 Å². The molecule has 1 unspecified atom stereocenters. The van der Waals surface area contributed by atoms with Crippen molar-refractivity contribution in [3.8, 4) is 0 Å². The number of para-hydroxylation sites is 1. The van der Waals surface area contributed by atoms with Gasteiger partial charge in [-0.15, -0.1) is 0 Å². The molecular formula is C23H23N3O. The largest absolute Gasteiger partial charge is 0.366 e. The molecule has 0 spiro atoms. The zero-order chi connectivity index (χ0) is 18.8. The molecule has 136 valence electrons. The number of benzene rings is 2. The standard InChI is InChI=1S/C23H23N3O/c1-16-7-3-4-9-20(16)15-25-22-14-19(11-12-24-22)23(27)26-17(2)13-18-8-5-6-10-21(18)26/h3-12,14,17H,13,15H2,1-2H3,(H,24,25). The quantitative estimate of drug-likeness (QED) is 0.742. The van der Waals surface area contributed by atoms with Gasteiger partial charge in [-0.3, -0.25) is 4.79 Å². The molecule has 2 aromatic carbocycles. The Balaban J connectivity index is 1.54. The topological polar surface area (TPSA) is 45.2 Å². The van der Waals surface area contributed by atoms with E-state index in [1.54, 1.807) is 12.3 Å². The number of aryl methyl sites for hydroxylation is 1. The van der Waals surface area contributed by atoms with Crippen LogP contribution in [0.15, 0.2) is 66.9 Å². The molecule has 2 heterocycles. The van der Waals surface area contributed by atoms with Gasteiger partial charge in [-0.25, -0.2) is 4.98 Å². The number of carbonyl (C=O) groups is 1. The van der Waals surface area contributed by atoms with Gasteiger partial charge < -0.3 is 10.2 Å². The maximum Gasteiger partial charge on any atom is 0.258 e. The number of amides is 1. The van der Waals surface area contributed by atoms with E-state index < -0.39 is 0 Å². The van der Waals surface area contributed by atoms with Gasteiger partial charge in [0.15, 0.2) is 0 Å². The summed E-state index contributed by atoms with van der Waals surface area (Å²) in [5, 5.41) is 3.34. The van der Waals surface area contributed by atoms with Crippen LogP contribution in [0.2, 0.25) is 0 Å². The van der Waals surface area contributed by atoms with Gasteiger partial charge in [-0.1, -0.05) is 42.5 Å². The number of hydrogen-bond acceptors (Lipinski definition) is 3. The summed E-state index contributed by atoms with van der Waals surface area (Å²) in [6, 6.07) is 20.2. The molecule has 0 bridgehead atoms. The van der Waals surface area contributed by atoms with Crippen molar-refractivity contribution in [3.05, 3.63) is 89.1 Å². The number of pyridine rings is 1. The van der Waals surface area contributed by atoms with Gasteiger partial charge in [-0.2, -0.15) is 0 Å². The van der Waals surface area contributed by atoms with Gasteiger partial charge >= 0.3 is 0 Å². The first-order valence-electron chi connectivity index (χ1n) is 9.29. The number of nitrogens with one attached hydrogen (secondary N) is 1. The second kappa shape index (κ2) is 7.23. The van der Waals surface area contributed by atoms with E-state index in [9.17, 15) is 4.79 Å². The predicted molar refractivity (Wildman–Crippen MR) is 109 cm³/mol. The van der Waals surface area contributed by atoms with Crippen molar-refractivity contribution in [2.45, 2.75) is 32.9 Å². The van der Waals surface area contributed by atoms with Crippen LogP contribution < -0.4 is 10.2 Å². The summed E-state index contributed by atoms with van der Waals surface area (Å²) in [7, 11) is 0. The minimum Gasteiger partial charge on any atom is -0.366 e. The Morgan fingerprint density at radius 1 is 1.15 bits per heavy atom. The first-order valence-corrected chi connectivity index (χ1v) is 9.29. The molecule has 4 rings (SSSR count). The molecule has 1 amide bonds. The van der Waals surface area contributed by atoms with E-state index in [-0.39, 0.29) is 11.9 Å². The van der Waals surface area contributed by atoms with Crippen LogP contribution in [0.25, 0.3) is 0 Å². The highest BCUT2D eigenvalue weighted by molar-refractivity contribution is 6.08. The van der Waals surface area contributed by atoms with Gasteiger partial charge in [0.2, 0.25) is 0 Å². The van der Waals surface area contributed by atoms with Crippen molar-refractivity contribution >= 4 is 17.4 Å². The lowest BCUT2D eigenvalue weighted by Crippen LogP contribution is -2.35. The highest BCUT2D eigenvalue weighted by Gasteiger charge is 2.31. The summed E-state index contributed by atoms with van der Waals surface area (Å²) >= 11 is 0. The van der Waals surface area contributed by atoms with Gasteiger partial charge in [0, 0.05) is 30.0 Å². The fraction of sp³-hybridized carbons (Fsp3) is 0.217. The molecular weight excluding hydrogens is 334 g/mol. The maximum absolute atomic E-state index is 13.2. The molecule has 0 radical (unpaired) electrons. The first-order chi connectivity index (χ1) is 13.1. The van der Waals surface area contributed by atoms with Crippen LogP contribution in [0.4, 0.5) is 11.5 Å². The minimum absolute atomic E-state index is 0.0220. The van der Waals surface area contributed by atoms with Crippen LogP contribution in [-0.4, -0.2) is 16.9 Å². The van der Waals surface area contributed by atoms with E-state index in [1.165, 1.54) is 16.7 Å². The predicted octanol–water partition coefficient (Wildman–Crippen LogP) is 4.59. The van der Waals surface area contributed by atoms with E-state index in [2.05, 4.69) is 42.3 Å². The Hall–Kier alpha value is -3.14. The average molecular weight is 357 g/mol. The lowest BCUT2D eigenvalue weighted by atomic mass is 10.1. The Labute approximate surface area is 159 Å². The van der Waals surface area contributed by atoms with Crippen molar-refractivity contribution in [3.63, 3.8) is 0 Å². The number of rotatable bonds is 4. The number of nitrogens with zero attached hydrogens (tertiary/aromatic N) is 2. The molecule has 0 fully saturated rings. The molecule has 1 N–H and O–H groups in total. The van der Waals surface area contributed by atoms with Crippen LogP contribution in [0, 0.1) is 6.92 Å². The van der Waals surface area contributed by atoms with Crippen LogP contribution in [0.1, 0.15) is 34.0 Å². The number of anilines is 2. The van der Waals surface area contributed by atoms with E-state index in [0.717, 1.165) is 12.1 Å². The molecule has 0 aliphatic carbocycles. The van der Waals surface area contributed by atoms with Gasteiger partial charge in [-0.05, 0) is 55.2 Å². The first kappa shape index (κ1) is 17.3. The molecule has 1 aliphatic rings. The molecule has 4 nitrogen and oxygen atoms in total. The second-order valence-electron chi connectivity index (χ2n) is 7.07. The third kappa shape index (κ3) is 3.43. The Bertz CT molecular complexity index is 983. The molecule has 0 saturated carbocycles. The average Bonchev–Trinajstić information content (AvgIpc) is 3.02. The lowest BCUT2D eigenvalue weighted by Gasteiger charge is -2.23.